The van der Waals surface area contributed by atoms with Crippen molar-refractivity contribution < 1.29 is 4.79 Å². The van der Waals surface area contributed by atoms with E-state index in [0.717, 1.165) is 0 Å². The van der Waals surface area contributed by atoms with Gasteiger partial charge in [-0.2, -0.15) is 31.6 Å². The molecule has 114 valence electrons. The third-order valence-electron chi connectivity index (χ3n) is 4.04. The van der Waals surface area contributed by atoms with Crippen LogP contribution in [0, 0.1) is 73.9 Å². The van der Waals surface area contributed by atoms with E-state index in [2.05, 4.69) is 0 Å². The van der Waals surface area contributed by atoms with Crippen molar-refractivity contribution in [2.45, 2.75) is 12.8 Å². The smallest absolute Gasteiger partial charge is 0.191 e. The van der Waals surface area contributed by atoms with Crippen LogP contribution in [0.4, 0.5) is 0 Å². The van der Waals surface area contributed by atoms with E-state index in [-0.39, 0.29) is 39.0 Å². The van der Waals surface area contributed by atoms with Crippen molar-refractivity contribution in [2.75, 3.05) is 0 Å². The quantitative estimate of drug-likeness (QED) is 0.715. The van der Waals surface area contributed by atoms with E-state index in [1.165, 1.54) is 13.0 Å². The highest BCUT2D eigenvalue weighted by molar-refractivity contribution is 6.17. The number of nitrogens with zero attached hydrogens (tertiary/aromatic N) is 6. The molecule has 0 fully saturated rings. The van der Waals surface area contributed by atoms with Gasteiger partial charge in [-0.3, -0.25) is 4.79 Å². The molecule has 0 heterocycles. The monoisotopic (exact) mass is 322 g/mol. The van der Waals surface area contributed by atoms with Gasteiger partial charge in [-0.05, 0) is 12.5 Å². The van der Waals surface area contributed by atoms with Crippen LogP contribution in [0.3, 0.4) is 0 Å². The molecule has 2 rings (SSSR count). The van der Waals surface area contributed by atoms with Crippen molar-refractivity contribution in [2.24, 2.45) is 5.92 Å². The average Bonchev–Trinajstić information content (AvgIpc) is 2.93. The number of nitriles is 6. The van der Waals surface area contributed by atoms with Gasteiger partial charge in [0.25, 0.3) is 0 Å². The Morgan fingerprint density at radius 2 is 1.32 bits per heavy atom. The summed E-state index contributed by atoms with van der Waals surface area (Å²) >= 11 is 0. The lowest BCUT2D eigenvalue weighted by Crippen LogP contribution is -2.12. The van der Waals surface area contributed by atoms with Crippen molar-refractivity contribution in [3.8, 4) is 36.4 Å². The summed E-state index contributed by atoms with van der Waals surface area (Å²) in [6, 6.07) is 10.5. The van der Waals surface area contributed by atoms with Gasteiger partial charge >= 0.3 is 0 Å². The molecule has 0 aromatic heterocycles. The van der Waals surface area contributed by atoms with Crippen molar-refractivity contribution in [1.29, 1.82) is 31.6 Å². The first-order valence-electron chi connectivity index (χ1n) is 6.90. The minimum atomic E-state index is -1.28. The molecule has 25 heavy (non-hydrogen) atoms. The van der Waals surface area contributed by atoms with Crippen molar-refractivity contribution in [1.82, 2.24) is 0 Å². The number of hydrogen-bond donors (Lipinski definition) is 0. The minimum Gasteiger partial charge on any atom is -0.289 e. The first-order chi connectivity index (χ1) is 12.1. The number of Topliss-reactive ketones (excluding diaryl/α,β-unsaturated/α-hetero) is 1. The Hall–Kier alpha value is -4.43. The molecule has 1 unspecified atom stereocenters. The molecule has 0 spiro atoms. The summed E-state index contributed by atoms with van der Waals surface area (Å²) < 4.78 is 0. The zero-order valence-electron chi connectivity index (χ0n) is 12.8. The van der Waals surface area contributed by atoms with Crippen LogP contribution < -0.4 is 0 Å². The maximum absolute atomic E-state index is 12.8. The van der Waals surface area contributed by atoms with Gasteiger partial charge in [-0.1, -0.05) is 6.08 Å². The van der Waals surface area contributed by atoms with Crippen LogP contribution in [0.5, 0.6) is 0 Å². The molecular formula is C18H6N6O. The largest absolute Gasteiger partial charge is 0.289 e. The minimum absolute atomic E-state index is 0.000741. The van der Waals surface area contributed by atoms with Crippen LogP contribution in [0.1, 0.15) is 51.0 Å². The standard InChI is InChI=1S/C18H6N6O/c1-2-10-15(9(3-19)4-20)16-13(7-23)11(5-21)12(6-22)14(8-24)17(16)18(10)25/h2,9,15H,1H3/b10-2+. The van der Waals surface area contributed by atoms with Crippen molar-refractivity contribution >= 4 is 5.78 Å². The number of benzene rings is 1. The molecule has 0 saturated heterocycles. The molecule has 7 heteroatoms. The fourth-order valence-electron chi connectivity index (χ4n) is 3.04. The Morgan fingerprint density at radius 3 is 1.72 bits per heavy atom. The average molecular weight is 322 g/mol. The summed E-state index contributed by atoms with van der Waals surface area (Å²) in [5.74, 6) is -2.95. The van der Waals surface area contributed by atoms with Gasteiger partial charge in [-0.25, -0.2) is 0 Å². The van der Waals surface area contributed by atoms with E-state index in [0.29, 0.717) is 0 Å². The van der Waals surface area contributed by atoms with E-state index in [1.807, 2.05) is 0 Å². The summed E-state index contributed by atoms with van der Waals surface area (Å²) in [6.45, 7) is 1.53. The van der Waals surface area contributed by atoms with Crippen LogP contribution >= 0.6 is 0 Å². The van der Waals surface area contributed by atoms with Gasteiger partial charge in [0.1, 0.15) is 30.2 Å². The molecule has 1 aromatic carbocycles. The predicted octanol–water partition coefficient (Wildman–Crippen LogP) is 2.06. The van der Waals surface area contributed by atoms with Gasteiger partial charge < -0.3 is 0 Å². The lowest BCUT2D eigenvalue weighted by atomic mass is 9.81. The first kappa shape index (κ1) is 16.9. The second kappa shape index (κ2) is 6.36. The van der Waals surface area contributed by atoms with Gasteiger partial charge in [-0.15, -0.1) is 0 Å². The summed E-state index contributed by atoms with van der Waals surface area (Å²) in [6.07, 6.45) is 1.41. The number of allylic oxidation sites excluding steroid dienone is 2. The van der Waals surface area contributed by atoms with Gasteiger partial charge in [0.05, 0.1) is 34.4 Å². The third kappa shape index (κ3) is 2.11. The predicted molar refractivity (Wildman–Crippen MR) is 80.8 cm³/mol. The Morgan fingerprint density at radius 1 is 0.840 bits per heavy atom. The van der Waals surface area contributed by atoms with E-state index >= 15 is 0 Å². The van der Waals surface area contributed by atoms with Crippen LogP contribution in [-0.4, -0.2) is 5.78 Å². The molecule has 0 amide bonds. The molecule has 0 saturated carbocycles. The van der Waals surface area contributed by atoms with Gasteiger partial charge in [0.15, 0.2) is 5.78 Å². The number of ketones is 1. The summed E-state index contributed by atoms with van der Waals surface area (Å²) in [5, 5.41) is 56.1. The van der Waals surface area contributed by atoms with Crippen LogP contribution in [0.2, 0.25) is 0 Å². The third-order valence-corrected chi connectivity index (χ3v) is 4.04. The van der Waals surface area contributed by atoms with Gasteiger partial charge in [0, 0.05) is 17.1 Å². The van der Waals surface area contributed by atoms with E-state index < -0.39 is 17.6 Å². The molecule has 1 aliphatic carbocycles. The lowest BCUT2D eigenvalue weighted by Gasteiger charge is -2.15. The summed E-state index contributed by atoms with van der Waals surface area (Å²) in [4.78, 5) is 12.8. The van der Waals surface area contributed by atoms with E-state index in [4.69, 9.17) is 0 Å². The second-order valence-corrected chi connectivity index (χ2v) is 5.02. The molecular weight excluding hydrogens is 316 g/mol. The highest BCUT2D eigenvalue weighted by atomic mass is 16.1. The molecule has 1 aromatic rings. The Kier molecular flexibility index (Phi) is 4.31. The zero-order valence-corrected chi connectivity index (χ0v) is 12.8. The molecule has 0 N–H and O–H groups in total. The van der Waals surface area contributed by atoms with Crippen LogP contribution in [-0.2, 0) is 0 Å². The fourth-order valence-corrected chi connectivity index (χ4v) is 3.04. The highest BCUT2D eigenvalue weighted by Crippen LogP contribution is 2.46. The molecule has 1 aliphatic rings. The maximum atomic E-state index is 12.8. The molecule has 0 bridgehead atoms. The van der Waals surface area contributed by atoms with E-state index in [1.54, 1.807) is 36.4 Å². The van der Waals surface area contributed by atoms with Crippen LogP contribution in [0.25, 0.3) is 0 Å². The number of hydrogen-bond acceptors (Lipinski definition) is 7. The second-order valence-electron chi connectivity index (χ2n) is 5.02. The number of carbonyl (C=O) groups is 1. The van der Waals surface area contributed by atoms with Crippen molar-refractivity contribution in [3.63, 3.8) is 0 Å². The molecule has 0 aliphatic heterocycles. The Labute approximate surface area is 143 Å². The van der Waals surface area contributed by atoms with Crippen LogP contribution in [0.15, 0.2) is 11.6 Å². The number of rotatable bonds is 1. The molecule has 0 radical (unpaired) electrons. The highest BCUT2D eigenvalue weighted by Gasteiger charge is 2.45. The Bertz CT molecular complexity index is 1090. The van der Waals surface area contributed by atoms with Gasteiger partial charge in [0.2, 0.25) is 0 Å². The fraction of sp³-hybridized carbons (Fsp3) is 0.167. The summed E-state index contributed by atoms with van der Waals surface area (Å²) in [5.41, 5.74) is -1.33. The normalized spacial score (nSPS) is 16.1. The SMILES string of the molecule is C/C=C1/C(=O)c2c(C#N)c(C#N)c(C#N)c(C#N)c2C1C(C#N)C#N. The number of carbonyl (C=O) groups excluding carboxylic acids is 1. The van der Waals surface area contributed by atoms with Crippen molar-refractivity contribution in [3.05, 3.63) is 45.0 Å². The van der Waals surface area contributed by atoms with E-state index in [9.17, 15) is 36.4 Å². The summed E-state index contributed by atoms with van der Waals surface area (Å²) in [7, 11) is 0. The topological polar surface area (TPSA) is 160 Å². The molecule has 7 nitrogen and oxygen atoms in total. The number of fused-ring (bicyclic) bond motifs is 1. The molecule has 1 atom stereocenters. The maximum Gasteiger partial charge on any atom is 0.191 e. The Balaban J connectivity index is 3.16. The first-order valence-corrected chi connectivity index (χ1v) is 6.90. The lowest BCUT2D eigenvalue weighted by molar-refractivity contribution is 0.103. The zero-order chi connectivity index (χ0) is 18.7.